The van der Waals surface area contributed by atoms with Gasteiger partial charge in [0.25, 0.3) is 5.91 Å². The third-order valence-electron chi connectivity index (χ3n) is 2.68. The number of aromatic amines is 1. The van der Waals surface area contributed by atoms with Gasteiger partial charge in [0, 0.05) is 29.6 Å². The number of amides is 1. The fourth-order valence-corrected chi connectivity index (χ4v) is 1.82. The standard InChI is InChI=1S/C13H15ClN4O/c1-8(2)11-3-10(4-12(14)18-11)13(19)15-5-9-6-16-17-7-9/h3-4,6-8H,5H2,1-2H3,(H,15,19)(H,16,17). The van der Waals surface area contributed by atoms with Crippen molar-refractivity contribution in [1.29, 1.82) is 0 Å². The smallest absolute Gasteiger partial charge is 0.251 e. The summed E-state index contributed by atoms with van der Waals surface area (Å²) < 4.78 is 0. The number of aromatic nitrogens is 3. The molecule has 2 N–H and O–H groups in total. The van der Waals surface area contributed by atoms with Gasteiger partial charge in [-0.25, -0.2) is 4.98 Å². The average Bonchev–Trinajstić information content (AvgIpc) is 2.88. The highest BCUT2D eigenvalue weighted by molar-refractivity contribution is 6.29. The normalized spacial score (nSPS) is 10.7. The summed E-state index contributed by atoms with van der Waals surface area (Å²) in [5.74, 6) is 0.0477. The van der Waals surface area contributed by atoms with E-state index in [1.807, 2.05) is 13.8 Å². The summed E-state index contributed by atoms with van der Waals surface area (Å²) in [6, 6.07) is 3.33. The zero-order chi connectivity index (χ0) is 13.8. The van der Waals surface area contributed by atoms with Crippen molar-refractivity contribution in [2.75, 3.05) is 0 Å². The number of hydrogen-bond acceptors (Lipinski definition) is 3. The van der Waals surface area contributed by atoms with Crippen LogP contribution in [0.1, 0.15) is 41.4 Å². The second-order valence-electron chi connectivity index (χ2n) is 4.55. The molecule has 0 fully saturated rings. The van der Waals surface area contributed by atoms with E-state index in [0.29, 0.717) is 17.3 Å². The third kappa shape index (κ3) is 3.54. The highest BCUT2D eigenvalue weighted by Crippen LogP contribution is 2.17. The van der Waals surface area contributed by atoms with Gasteiger partial charge in [-0.1, -0.05) is 25.4 Å². The van der Waals surface area contributed by atoms with Crippen molar-refractivity contribution in [3.8, 4) is 0 Å². The summed E-state index contributed by atoms with van der Waals surface area (Å²) in [5.41, 5.74) is 2.24. The molecule has 0 atom stereocenters. The first-order valence-electron chi connectivity index (χ1n) is 5.99. The Morgan fingerprint density at radius 3 is 2.89 bits per heavy atom. The average molecular weight is 279 g/mol. The number of hydrogen-bond donors (Lipinski definition) is 2. The molecule has 6 heteroatoms. The fourth-order valence-electron chi connectivity index (χ4n) is 1.60. The van der Waals surface area contributed by atoms with Crippen LogP contribution in [-0.2, 0) is 6.54 Å². The minimum absolute atomic E-state index is 0.174. The predicted molar refractivity (Wildman–Crippen MR) is 73.1 cm³/mol. The fraction of sp³-hybridized carbons (Fsp3) is 0.308. The van der Waals surface area contributed by atoms with Gasteiger partial charge in [0.1, 0.15) is 5.15 Å². The van der Waals surface area contributed by atoms with Crippen LogP contribution in [0.15, 0.2) is 24.5 Å². The van der Waals surface area contributed by atoms with Crippen LogP contribution >= 0.6 is 11.6 Å². The Labute approximate surface area is 116 Å². The lowest BCUT2D eigenvalue weighted by molar-refractivity contribution is 0.0950. The number of nitrogens with one attached hydrogen (secondary N) is 2. The lowest BCUT2D eigenvalue weighted by Gasteiger charge is -2.08. The molecule has 0 aliphatic rings. The van der Waals surface area contributed by atoms with E-state index in [1.165, 1.54) is 0 Å². The van der Waals surface area contributed by atoms with Gasteiger partial charge >= 0.3 is 0 Å². The van der Waals surface area contributed by atoms with Crippen LogP contribution in [0.25, 0.3) is 0 Å². The van der Waals surface area contributed by atoms with Gasteiger partial charge in [0.15, 0.2) is 0 Å². The number of nitrogens with zero attached hydrogens (tertiary/aromatic N) is 2. The molecular weight excluding hydrogens is 264 g/mol. The molecule has 0 unspecified atom stereocenters. The van der Waals surface area contributed by atoms with Crippen LogP contribution in [0.5, 0.6) is 0 Å². The molecule has 2 aromatic rings. The molecule has 0 spiro atoms. The summed E-state index contributed by atoms with van der Waals surface area (Å²) in [5, 5.41) is 9.65. The SMILES string of the molecule is CC(C)c1cc(C(=O)NCc2cn[nH]c2)cc(Cl)n1. The molecule has 0 aromatic carbocycles. The monoisotopic (exact) mass is 278 g/mol. The second kappa shape index (κ2) is 5.84. The Balaban J connectivity index is 2.10. The molecule has 100 valence electrons. The van der Waals surface area contributed by atoms with Crippen LogP contribution in [0.2, 0.25) is 5.15 Å². The van der Waals surface area contributed by atoms with Crippen molar-refractivity contribution in [2.24, 2.45) is 0 Å². The third-order valence-corrected chi connectivity index (χ3v) is 2.87. The number of rotatable bonds is 4. The number of carbonyl (C=O) groups excluding carboxylic acids is 1. The molecular formula is C13H15ClN4O. The minimum atomic E-state index is -0.174. The van der Waals surface area contributed by atoms with Gasteiger partial charge < -0.3 is 5.32 Å². The summed E-state index contributed by atoms with van der Waals surface area (Å²) in [6.07, 6.45) is 3.40. The first-order chi connectivity index (χ1) is 9.06. The molecule has 0 aliphatic heterocycles. The van der Waals surface area contributed by atoms with E-state index in [4.69, 9.17) is 11.6 Å². The van der Waals surface area contributed by atoms with Crippen LogP contribution < -0.4 is 5.32 Å². The quantitative estimate of drug-likeness (QED) is 0.844. The Morgan fingerprint density at radius 1 is 1.47 bits per heavy atom. The summed E-state index contributed by atoms with van der Waals surface area (Å²) >= 11 is 5.93. The van der Waals surface area contributed by atoms with E-state index in [-0.39, 0.29) is 11.8 Å². The van der Waals surface area contributed by atoms with Crippen LogP contribution in [-0.4, -0.2) is 21.1 Å². The van der Waals surface area contributed by atoms with Crippen molar-refractivity contribution >= 4 is 17.5 Å². The highest BCUT2D eigenvalue weighted by Gasteiger charge is 2.11. The van der Waals surface area contributed by atoms with Gasteiger partial charge in [-0.2, -0.15) is 5.10 Å². The first-order valence-corrected chi connectivity index (χ1v) is 6.37. The summed E-state index contributed by atoms with van der Waals surface area (Å²) in [4.78, 5) is 16.2. The topological polar surface area (TPSA) is 70.7 Å². The van der Waals surface area contributed by atoms with Gasteiger partial charge in [-0.15, -0.1) is 0 Å². The molecule has 5 nitrogen and oxygen atoms in total. The van der Waals surface area contributed by atoms with Crippen molar-refractivity contribution in [3.63, 3.8) is 0 Å². The van der Waals surface area contributed by atoms with Crippen molar-refractivity contribution in [2.45, 2.75) is 26.3 Å². The van der Waals surface area contributed by atoms with E-state index in [0.717, 1.165) is 11.3 Å². The van der Waals surface area contributed by atoms with Crippen LogP contribution in [0.3, 0.4) is 0 Å². The van der Waals surface area contributed by atoms with E-state index in [2.05, 4.69) is 20.5 Å². The predicted octanol–water partition coefficient (Wildman–Crippen LogP) is 2.51. The summed E-state index contributed by atoms with van der Waals surface area (Å²) in [6.45, 7) is 4.43. The molecule has 0 radical (unpaired) electrons. The van der Waals surface area contributed by atoms with E-state index >= 15 is 0 Å². The highest BCUT2D eigenvalue weighted by atomic mass is 35.5. The number of H-pyrrole nitrogens is 1. The molecule has 2 heterocycles. The second-order valence-corrected chi connectivity index (χ2v) is 4.93. The summed E-state index contributed by atoms with van der Waals surface area (Å²) in [7, 11) is 0. The number of pyridine rings is 1. The van der Waals surface area contributed by atoms with E-state index in [1.54, 1.807) is 24.5 Å². The van der Waals surface area contributed by atoms with Crippen LogP contribution in [0.4, 0.5) is 0 Å². The van der Waals surface area contributed by atoms with Gasteiger partial charge in [0.05, 0.1) is 6.20 Å². The Hall–Kier alpha value is -1.88. The molecule has 0 bridgehead atoms. The van der Waals surface area contributed by atoms with Crippen molar-refractivity contribution < 1.29 is 4.79 Å². The first kappa shape index (κ1) is 13.5. The zero-order valence-electron chi connectivity index (χ0n) is 10.8. The van der Waals surface area contributed by atoms with Crippen molar-refractivity contribution in [3.05, 3.63) is 46.5 Å². The number of carbonyl (C=O) groups is 1. The van der Waals surface area contributed by atoms with Crippen LogP contribution in [0, 0.1) is 0 Å². The van der Waals surface area contributed by atoms with Gasteiger partial charge in [-0.3, -0.25) is 9.89 Å². The van der Waals surface area contributed by atoms with E-state index in [9.17, 15) is 4.79 Å². The Morgan fingerprint density at radius 2 is 2.26 bits per heavy atom. The molecule has 19 heavy (non-hydrogen) atoms. The van der Waals surface area contributed by atoms with Gasteiger partial charge in [0.2, 0.25) is 0 Å². The largest absolute Gasteiger partial charge is 0.348 e. The maximum atomic E-state index is 12.0. The van der Waals surface area contributed by atoms with E-state index < -0.39 is 0 Å². The Bertz CT molecular complexity index is 566. The molecule has 0 saturated carbocycles. The molecule has 0 saturated heterocycles. The molecule has 2 rings (SSSR count). The maximum absolute atomic E-state index is 12.0. The lowest BCUT2D eigenvalue weighted by Crippen LogP contribution is -2.23. The zero-order valence-corrected chi connectivity index (χ0v) is 11.5. The van der Waals surface area contributed by atoms with Gasteiger partial charge in [-0.05, 0) is 18.1 Å². The van der Waals surface area contributed by atoms with Crippen molar-refractivity contribution in [1.82, 2.24) is 20.5 Å². The maximum Gasteiger partial charge on any atom is 0.251 e. The molecule has 1 amide bonds. The minimum Gasteiger partial charge on any atom is -0.348 e. The lowest BCUT2D eigenvalue weighted by atomic mass is 10.1. The number of halogens is 1. The molecule has 0 aliphatic carbocycles. The molecule has 2 aromatic heterocycles. The Kier molecular flexibility index (Phi) is 4.16.